The van der Waals surface area contributed by atoms with Crippen molar-refractivity contribution in [2.24, 2.45) is 0 Å². The van der Waals surface area contributed by atoms with Crippen LogP contribution in [0.3, 0.4) is 0 Å². The molecular weight excluding hydrogens is 810 g/mol. The second-order valence-electron chi connectivity index (χ2n) is 16.8. The average Bonchev–Trinajstić information content (AvgIpc) is 3.24. The zero-order chi connectivity index (χ0) is 46.4. The van der Waals surface area contributed by atoms with E-state index in [4.69, 9.17) is 18.5 Å². The zero-order valence-electron chi connectivity index (χ0n) is 40.3. The first-order valence-electron chi connectivity index (χ1n) is 24.1. The Balaban J connectivity index is 4.39. The minimum Gasteiger partial charge on any atom is -0.462 e. The van der Waals surface area contributed by atoms with E-state index >= 15 is 0 Å². The molecule has 358 valence electrons. The van der Waals surface area contributed by atoms with Gasteiger partial charge in [-0.05, 0) is 103 Å². The summed E-state index contributed by atoms with van der Waals surface area (Å²) in [6.07, 6.45) is 60.1. The Bertz CT molecular complexity index is 1430. The molecule has 0 aromatic heterocycles. The highest BCUT2D eigenvalue weighted by atomic mass is 31.2. The largest absolute Gasteiger partial charge is 0.472 e. The van der Waals surface area contributed by atoms with Gasteiger partial charge < -0.3 is 18.9 Å². The predicted octanol–water partition coefficient (Wildman–Crippen LogP) is 14.3. The van der Waals surface area contributed by atoms with E-state index in [-0.39, 0.29) is 26.1 Å². The number of quaternary nitrogens is 1. The molecule has 0 aliphatic heterocycles. The third-order valence-electron chi connectivity index (χ3n) is 9.54. The molecule has 2 unspecified atom stereocenters. The highest BCUT2D eigenvalue weighted by Gasteiger charge is 2.27. The van der Waals surface area contributed by atoms with Gasteiger partial charge in [0.1, 0.15) is 19.8 Å². The summed E-state index contributed by atoms with van der Waals surface area (Å²) in [5.74, 6) is -0.872. The maximum Gasteiger partial charge on any atom is 0.472 e. The number of phosphoric acid groups is 1. The Morgan fingerprint density at radius 1 is 0.508 bits per heavy atom. The van der Waals surface area contributed by atoms with Gasteiger partial charge in [0.2, 0.25) is 0 Å². The van der Waals surface area contributed by atoms with E-state index in [1.807, 2.05) is 21.1 Å². The van der Waals surface area contributed by atoms with Crippen LogP contribution < -0.4 is 0 Å². The molecule has 0 amide bonds. The van der Waals surface area contributed by atoms with Crippen LogP contribution in [0.5, 0.6) is 0 Å². The molecule has 0 aromatic rings. The first kappa shape index (κ1) is 59.7. The van der Waals surface area contributed by atoms with E-state index in [0.717, 1.165) is 103 Å². The number of likely N-dealkylation sites (N-methyl/N-ethyl adjacent to an activating group) is 1. The first-order chi connectivity index (χ1) is 30.5. The lowest BCUT2D eigenvalue weighted by Crippen LogP contribution is -2.37. The van der Waals surface area contributed by atoms with Crippen molar-refractivity contribution in [1.29, 1.82) is 0 Å². The second-order valence-corrected chi connectivity index (χ2v) is 18.2. The minimum atomic E-state index is -4.40. The molecule has 9 nitrogen and oxygen atoms in total. The number of hydrogen-bond acceptors (Lipinski definition) is 7. The number of carbonyl (C=O) groups is 2. The summed E-state index contributed by atoms with van der Waals surface area (Å²) in [7, 11) is 1.42. The zero-order valence-corrected chi connectivity index (χ0v) is 41.2. The number of hydrogen-bond donors (Lipinski definition) is 1. The monoisotopic (exact) mass is 899 g/mol. The van der Waals surface area contributed by atoms with E-state index < -0.39 is 32.5 Å². The Morgan fingerprint density at radius 3 is 1.40 bits per heavy atom. The van der Waals surface area contributed by atoms with Gasteiger partial charge in [-0.3, -0.25) is 18.6 Å². The fourth-order valence-electron chi connectivity index (χ4n) is 5.79. The fraction of sp³-hybridized carbons (Fsp3) is 0.623. The topological polar surface area (TPSA) is 108 Å². The fourth-order valence-corrected chi connectivity index (χ4v) is 6.53. The predicted molar refractivity (Wildman–Crippen MR) is 265 cm³/mol. The summed E-state index contributed by atoms with van der Waals surface area (Å²) in [6.45, 7) is 4.19. The van der Waals surface area contributed by atoms with E-state index in [9.17, 15) is 19.0 Å². The molecule has 10 heteroatoms. The van der Waals surface area contributed by atoms with Crippen LogP contribution in [-0.4, -0.2) is 74.9 Å². The Kier molecular flexibility index (Phi) is 41.6. The number of carbonyl (C=O) groups excluding carboxylic acids is 2. The molecule has 0 saturated heterocycles. The molecule has 2 atom stereocenters. The molecule has 0 heterocycles. The van der Waals surface area contributed by atoms with Gasteiger partial charge in [-0.1, -0.05) is 155 Å². The van der Waals surface area contributed by atoms with Crippen LogP contribution in [0.4, 0.5) is 0 Å². The molecule has 0 rings (SSSR count). The summed E-state index contributed by atoms with van der Waals surface area (Å²) in [5, 5.41) is 0. The van der Waals surface area contributed by atoms with Gasteiger partial charge in [0.25, 0.3) is 0 Å². The minimum absolute atomic E-state index is 0.0154. The van der Waals surface area contributed by atoms with Gasteiger partial charge in [-0.15, -0.1) is 0 Å². The molecule has 0 spiro atoms. The van der Waals surface area contributed by atoms with Crippen LogP contribution in [0.1, 0.15) is 162 Å². The summed E-state index contributed by atoms with van der Waals surface area (Å²) in [6, 6.07) is 0. The van der Waals surface area contributed by atoms with E-state index in [1.54, 1.807) is 0 Å². The van der Waals surface area contributed by atoms with Gasteiger partial charge in [-0.2, -0.15) is 0 Å². The standard InChI is InChI=1S/C53H88NO8P/c1-6-8-10-12-14-16-18-20-21-22-23-24-25-26-27-28-29-30-31-32-33-34-36-38-40-42-44-46-53(56)62-51(50-61-63(57,58)60-48-47-54(3,4)5)49-59-52(55)45-43-41-39-37-35-19-17-15-13-11-9-7-2/h8,10,14-17,20-21,23-24,26-27,29-30,32-33,36,38,51H,6-7,9,11-13,18-19,22,25,28,31,34-35,37,39-50H2,1-5H3/p+1/b10-8-,16-14-,17-15-,21-20-,24-23-,27-26-,30-29-,33-32-,38-36-. The molecule has 0 aromatic carbocycles. The highest BCUT2D eigenvalue weighted by Crippen LogP contribution is 2.43. The van der Waals surface area contributed by atoms with Crippen LogP contribution in [0.15, 0.2) is 109 Å². The van der Waals surface area contributed by atoms with E-state index in [2.05, 4.69) is 123 Å². The molecule has 0 radical (unpaired) electrons. The Morgan fingerprint density at radius 2 is 0.905 bits per heavy atom. The lowest BCUT2D eigenvalue weighted by molar-refractivity contribution is -0.870. The summed E-state index contributed by atoms with van der Waals surface area (Å²) >= 11 is 0. The van der Waals surface area contributed by atoms with Gasteiger partial charge in [-0.25, -0.2) is 4.57 Å². The van der Waals surface area contributed by atoms with Crippen LogP contribution in [-0.2, 0) is 32.7 Å². The number of allylic oxidation sites excluding steroid dienone is 18. The number of rotatable bonds is 42. The lowest BCUT2D eigenvalue weighted by Gasteiger charge is -2.24. The van der Waals surface area contributed by atoms with Gasteiger partial charge in [0, 0.05) is 12.8 Å². The number of ether oxygens (including phenoxy) is 2. The summed E-state index contributed by atoms with van der Waals surface area (Å²) in [4.78, 5) is 35.4. The van der Waals surface area contributed by atoms with E-state index in [1.165, 1.54) is 19.3 Å². The maximum absolute atomic E-state index is 12.7. The number of unbranched alkanes of at least 4 members (excludes halogenated alkanes) is 10. The van der Waals surface area contributed by atoms with Crippen LogP contribution in [0, 0.1) is 0 Å². The molecule has 0 fully saturated rings. The van der Waals surface area contributed by atoms with Gasteiger partial charge in [0.15, 0.2) is 6.10 Å². The third kappa shape index (κ3) is 48.0. The Labute approximate surface area is 385 Å². The van der Waals surface area contributed by atoms with Crippen molar-refractivity contribution in [3.05, 3.63) is 109 Å². The normalized spacial score (nSPS) is 14.4. The maximum atomic E-state index is 12.7. The van der Waals surface area contributed by atoms with Crippen molar-refractivity contribution in [3.8, 4) is 0 Å². The van der Waals surface area contributed by atoms with Gasteiger partial charge in [0.05, 0.1) is 27.7 Å². The van der Waals surface area contributed by atoms with Crippen molar-refractivity contribution in [2.45, 2.75) is 168 Å². The third-order valence-corrected chi connectivity index (χ3v) is 10.5. The first-order valence-corrected chi connectivity index (χ1v) is 25.6. The molecule has 0 aliphatic rings. The number of phosphoric ester groups is 1. The molecule has 0 aliphatic carbocycles. The Hall–Kier alpha value is -3.33. The molecule has 63 heavy (non-hydrogen) atoms. The highest BCUT2D eigenvalue weighted by molar-refractivity contribution is 7.47. The van der Waals surface area contributed by atoms with Crippen LogP contribution >= 0.6 is 7.82 Å². The quantitative estimate of drug-likeness (QED) is 0.0212. The molecule has 0 saturated carbocycles. The second kappa shape index (κ2) is 43.9. The van der Waals surface area contributed by atoms with Crippen molar-refractivity contribution in [1.82, 2.24) is 0 Å². The summed E-state index contributed by atoms with van der Waals surface area (Å²) < 4.78 is 34.3. The smallest absolute Gasteiger partial charge is 0.462 e. The molecular formula is C53H89NO8P+. The lowest BCUT2D eigenvalue weighted by atomic mass is 10.1. The van der Waals surface area contributed by atoms with Crippen molar-refractivity contribution in [3.63, 3.8) is 0 Å². The van der Waals surface area contributed by atoms with Crippen molar-refractivity contribution < 1.29 is 42.1 Å². The van der Waals surface area contributed by atoms with Crippen LogP contribution in [0.2, 0.25) is 0 Å². The average molecular weight is 899 g/mol. The molecule has 1 N–H and O–H groups in total. The SMILES string of the molecule is CC/C=C\C/C=C\C/C=C\C/C=C\C/C=C\C/C=C\C/C=C\C/C=C\CCCCC(=O)OC(COC(=O)CCCCCCC/C=C\CCCCC)COP(=O)(O)OCC[N+](C)(C)C. The molecule has 0 bridgehead atoms. The number of nitrogens with zero attached hydrogens (tertiary/aromatic N) is 1. The summed E-state index contributed by atoms with van der Waals surface area (Å²) in [5.41, 5.74) is 0. The van der Waals surface area contributed by atoms with Crippen molar-refractivity contribution in [2.75, 3.05) is 47.5 Å². The number of esters is 2. The van der Waals surface area contributed by atoms with Crippen LogP contribution in [0.25, 0.3) is 0 Å². The van der Waals surface area contributed by atoms with Crippen molar-refractivity contribution >= 4 is 19.8 Å². The van der Waals surface area contributed by atoms with Gasteiger partial charge >= 0.3 is 19.8 Å². The van der Waals surface area contributed by atoms with E-state index in [0.29, 0.717) is 23.9 Å².